The molecule has 30 heavy (non-hydrogen) atoms. The molecule has 0 spiro atoms. The fraction of sp³-hybridized carbons (Fsp3) is 0.130. The van der Waals surface area contributed by atoms with E-state index in [0.29, 0.717) is 11.3 Å². The van der Waals surface area contributed by atoms with Crippen LogP contribution in [-0.4, -0.2) is 26.2 Å². The van der Waals surface area contributed by atoms with E-state index in [4.69, 9.17) is 0 Å². The summed E-state index contributed by atoms with van der Waals surface area (Å²) in [6.45, 7) is 1.63. The van der Waals surface area contributed by atoms with Gasteiger partial charge in [0.1, 0.15) is 11.2 Å². The Bertz CT molecular complexity index is 1390. The number of fused-ring (bicyclic) bond motifs is 2. The number of urea groups is 1. The number of imide groups is 1. The highest BCUT2D eigenvalue weighted by molar-refractivity contribution is 6.09. The van der Waals surface area contributed by atoms with E-state index in [1.54, 1.807) is 31.3 Å². The zero-order valence-corrected chi connectivity index (χ0v) is 16.2. The van der Waals surface area contributed by atoms with Crippen molar-refractivity contribution in [2.75, 3.05) is 0 Å². The van der Waals surface area contributed by atoms with Crippen molar-refractivity contribution in [2.45, 2.75) is 19.0 Å². The molecule has 2 aromatic heterocycles. The Balaban J connectivity index is 1.54. The van der Waals surface area contributed by atoms with Crippen LogP contribution in [0.2, 0.25) is 0 Å². The van der Waals surface area contributed by atoms with Gasteiger partial charge < -0.3 is 5.32 Å². The van der Waals surface area contributed by atoms with E-state index in [1.165, 1.54) is 10.5 Å². The van der Waals surface area contributed by atoms with Crippen molar-refractivity contribution < 1.29 is 9.59 Å². The zero-order chi connectivity index (χ0) is 20.9. The first-order valence-corrected chi connectivity index (χ1v) is 9.57. The van der Waals surface area contributed by atoms with Crippen LogP contribution in [0.3, 0.4) is 0 Å². The number of rotatable bonds is 3. The fourth-order valence-electron chi connectivity index (χ4n) is 4.03. The molecule has 0 aliphatic carbocycles. The highest BCUT2D eigenvalue weighted by Gasteiger charge is 2.49. The van der Waals surface area contributed by atoms with Gasteiger partial charge in [0.05, 0.1) is 12.2 Å². The lowest BCUT2D eigenvalue weighted by atomic mass is 9.88. The highest BCUT2D eigenvalue weighted by Crippen LogP contribution is 2.34. The fourth-order valence-corrected chi connectivity index (χ4v) is 4.03. The van der Waals surface area contributed by atoms with Gasteiger partial charge in [-0.1, -0.05) is 48.5 Å². The first-order valence-electron chi connectivity index (χ1n) is 9.57. The van der Waals surface area contributed by atoms with E-state index in [2.05, 4.69) is 10.3 Å². The number of nitrogens with zero attached hydrogens (tertiary/aromatic N) is 3. The van der Waals surface area contributed by atoms with Gasteiger partial charge in [0.25, 0.3) is 11.5 Å². The largest absolute Gasteiger partial charge is 0.325 e. The lowest BCUT2D eigenvalue weighted by molar-refractivity contribution is -0.131. The Morgan fingerprint density at radius 2 is 1.73 bits per heavy atom. The second kappa shape index (κ2) is 6.52. The van der Waals surface area contributed by atoms with Crippen molar-refractivity contribution in [1.29, 1.82) is 0 Å². The van der Waals surface area contributed by atoms with Crippen LogP contribution in [0.15, 0.2) is 77.7 Å². The molecule has 1 N–H and O–H groups in total. The lowest BCUT2D eigenvalue weighted by Crippen LogP contribution is -2.41. The van der Waals surface area contributed by atoms with E-state index in [-0.39, 0.29) is 18.0 Å². The molecular formula is C23H18N4O3. The summed E-state index contributed by atoms with van der Waals surface area (Å²) in [5.41, 5.74) is 0.0808. The second-order valence-corrected chi connectivity index (χ2v) is 7.49. The van der Waals surface area contributed by atoms with Crippen LogP contribution in [0.5, 0.6) is 0 Å². The molecule has 2 aromatic carbocycles. The molecule has 148 valence electrons. The number of aromatic nitrogens is 2. The minimum absolute atomic E-state index is 0.0777. The Hall–Kier alpha value is -4.00. The summed E-state index contributed by atoms with van der Waals surface area (Å²) < 4.78 is 1.41. The maximum absolute atomic E-state index is 13.4. The SMILES string of the molecule is C[C@]1(c2cccc3ccccc23)NC(=O)N(Cc2cc(=O)n3ccccc3n2)C1=O. The number of nitrogens with one attached hydrogen (secondary N) is 1. The van der Waals surface area contributed by atoms with E-state index in [0.717, 1.165) is 21.2 Å². The molecule has 5 rings (SSSR count). The third-order valence-corrected chi connectivity index (χ3v) is 5.55. The van der Waals surface area contributed by atoms with Crippen molar-refractivity contribution in [3.05, 3.63) is 94.5 Å². The Morgan fingerprint density at radius 1 is 0.967 bits per heavy atom. The number of carbonyl (C=O) groups excluding carboxylic acids is 2. The predicted molar refractivity (Wildman–Crippen MR) is 112 cm³/mol. The van der Waals surface area contributed by atoms with Crippen LogP contribution in [0.4, 0.5) is 4.79 Å². The third-order valence-electron chi connectivity index (χ3n) is 5.55. The van der Waals surface area contributed by atoms with Gasteiger partial charge in [0, 0.05) is 12.3 Å². The number of carbonyl (C=O) groups is 2. The van der Waals surface area contributed by atoms with Gasteiger partial charge in [0.15, 0.2) is 0 Å². The Kier molecular flexibility index (Phi) is 3.92. The number of pyridine rings is 1. The molecular weight excluding hydrogens is 380 g/mol. The molecule has 3 amide bonds. The summed E-state index contributed by atoms with van der Waals surface area (Å²) in [7, 11) is 0. The highest BCUT2D eigenvalue weighted by atomic mass is 16.2. The van der Waals surface area contributed by atoms with Crippen molar-refractivity contribution >= 4 is 28.4 Å². The van der Waals surface area contributed by atoms with Gasteiger partial charge in [-0.15, -0.1) is 0 Å². The standard InChI is InChI=1S/C23H18N4O3/c1-23(18-10-6-8-15-7-2-3-9-17(15)18)21(29)27(22(30)25-23)14-16-13-20(28)26-12-5-4-11-19(26)24-16/h2-13H,14H2,1H3,(H,25,30)/t23-/m1/s1. The molecule has 0 unspecified atom stereocenters. The molecule has 1 atom stereocenters. The van der Waals surface area contributed by atoms with Crippen LogP contribution < -0.4 is 10.9 Å². The Labute approximate surface area is 171 Å². The van der Waals surface area contributed by atoms with Gasteiger partial charge in [0.2, 0.25) is 0 Å². The number of hydrogen-bond donors (Lipinski definition) is 1. The smallest absolute Gasteiger partial charge is 0.319 e. The van der Waals surface area contributed by atoms with Crippen molar-refractivity contribution in [1.82, 2.24) is 19.6 Å². The minimum atomic E-state index is -1.20. The van der Waals surface area contributed by atoms with Crippen molar-refractivity contribution in [2.24, 2.45) is 0 Å². The molecule has 0 saturated carbocycles. The van der Waals surface area contributed by atoms with E-state index in [9.17, 15) is 14.4 Å². The van der Waals surface area contributed by atoms with Gasteiger partial charge in [-0.25, -0.2) is 9.78 Å². The van der Waals surface area contributed by atoms with Crippen LogP contribution in [0.25, 0.3) is 16.4 Å². The van der Waals surface area contributed by atoms with Crippen molar-refractivity contribution in [3.63, 3.8) is 0 Å². The maximum atomic E-state index is 13.4. The van der Waals surface area contributed by atoms with Crippen molar-refractivity contribution in [3.8, 4) is 0 Å². The quantitative estimate of drug-likeness (QED) is 0.538. The topological polar surface area (TPSA) is 83.8 Å². The molecule has 7 heteroatoms. The molecule has 0 bridgehead atoms. The van der Waals surface area contributed by atoms with Crippen LogP contribution >= 0.6 is 0 Å². The number of hydrogen-bond acceptors (Lipinski definition) is 4. The predicted octanol–water partition coefficient (Wildman–Crippen LogP) is 2.81. The maximum Gasteiger partial charge on any atom is 0.325 e. The molecule has 3 heterocycles. The molecule has 4 aromatic rings. The summed E-state index contributed by atoms with van der Waals surface area (Å²) in [4.78, 5) is 44.0. The molecule has 7 nitrogen and oxygen atoms in total. The average Bonchev–Trinajstić information content (AvgIpc) is 2.97. The van der Waals surface area contributed by atoms with Crippen LogP contribution in [-0.2, 0) is 16.9 Å². The first kappa shape index (κ1) is 18.1. The molecule has 1 aliphatic heterocycles. The second-order valence-electron chi connectivity index (χ2n) is 7.49. The molecule has 1 aliphatic rings. The third kappa shape index (κ3) is 2.67. The normalized spacial score (nSPS) is 18.9. The van der Waals surface area contributed by atoms with Gasteiger partial charge in [-0.05, 0) is 35.4 Å². The molecule has 1 fully saturated rings. The van der Waals surface area contributed by atoms with E-state index < -0.39 is 11.6 Å². The average molecular weight is 398 g/mol. The number of benzene rings is 2. The minimum Gasteiger partial charge on any atom is -0.319 e. The van der Waals surface area contributed by atoms with E-state index >= 15 is 0 Å². The van der Waals surface area contributed by atoms with Gasteiger partial charge >= 0.3 is 6.03 Å². The first-order chi connectivity index (χ1) is 14.5. The van der Waals surface area contributed by atoms with Crippen LogP contribution in [0.1, 0.15) is 18.2 Å². The van der Waals surface area contributed by atoms with Crippen LogP contribution in [0, 0.1) is 0 Å². The summed E-state index contributed by atoms with van der Waals surface area (Å²) in [6, 6.07) is 19.5. The summed E-state index contributed by atoms with van der Waals surface area (Å²) >= 11 is 0. The summed E-state index contributed by atoms with van der Waals surface area (Å²) in [5.74, 6) is -0.376. The monoisotopic (exact) mass is 398 g/mol. The number of amides is 3. The Morgan fingerprint density at radius 3 is 2.60 bits per heavy atom. The lowest BCUT2D eigenvalue weighted by Gasteiger charge is -2.24. The molecule has 0 radical (unpaired) electrons. The summed E-state index contributed by atoms with van der Waals surface area (Å²) in [6.07, 6.45) is 1.62. The molecule has 1 saturated heterocycles. The van der Waals surface area contributed by atoms with Gasteiger partial charge in [-0.3, -0.25) is 18.9 Å². The summed E-state index contributed by atoms with van der Waals surface area (Å²) in [5, 5.41) is 4.73. The van der Waals surface area contributed by atoms with Gasteiger partial charge in [-0.2, -0.15) is 0 Å². The zero-order valence-electron chi connectivity index (χ0n) is 16.2. The van der Waals surface area contributed by atoms with E-state index in [1.807, 2.05) is 42.5 Å².